The number of nitriles is 2. The van der Waals surface area contributed by atoms with E-state index in [4.69, 9.17) is 5.26 Å². The van der Waals surface area contributed by atoms with Crippen LogP contribution in [0.1, 0.15) is 17.3 Å². The number of piperazine rings is 1. The van der Waals surface area contributed by atoms with Gasteiger partial charge in [0, 0.05) is 43.0 Å². The van der Waals surface area contributed by atoms with Crippen molar-refractivity contribution in [2.45, 2.75) is 6.04 Å². The van der Waals surface area contributed by atoms with Gasteiger partial charge in [0.15, 0.2) is 11.5 Å². The van der Waals surface area contributed by atoms with E-state index < -0.39 is 0 Å². The fraction of sp³-hybridized carbons (Fsp3) is 0.294. The molecule has 1 fully saturated rings. The average Bonchev–Trinajstić information content (AvgIpc) is 2.64. The zero-order valence-electron chi connectivity index (χ0n) is 12.9. The van der Waals surface area contributed by atoms with Crippen LogP contribution in [0.3, 0.4) is 0 Å². The van der Waals surface area contributed by atoms with Crippen LogP contribution in [0.2, 0.25) is 0 Å². The van der Waals surface area contributed by atoms with Crippen molar-refractivity contribution < 1.29 is 0 Å². The number of anilines is 1. The molecule has 0 unspecified atom stereocenters. The molecule has 0 N–H and O–H groups in total. The van der Waals surface area contributed by atoms with Crippen LogP contribution in [0, 0.1) is 22.7 Å². The monoisotopic (exact) mass is 382 g/mol. The zero-order valence-corrected chi connectivity index (χ0v) is 14.5. The molecule has 2 heterocycles. The van der Waals surface area contributed by atoms with E-state index in [2.05, 4.69) is 47.8 Å². The van der Waals surface area contributed by atoms with Gasteiger partial charge in [0.25, 0.3) is 0 Å². The molecule has 0 saturated carbocycles. The van der Waals surface area contributed by atoms with Crippen LogP contribution in [0.4, 0.5) is 5.82 Å². The highest BCUT2D eigenvalue weighted by molar-refractivity contribution is 9.10. The number of benzene rings is 1. The lowest BCUT2D eigenvalue weighted by atomic mass is 10.1. The first kappa shape index (κ1) is 16.4. The summed E-state index contributed by atoms with van der Waals surface area (Å²) < 4.78 is 0.999. The van der Waals surface area contributed by atoms with Crippen LogP contribution in [0.5, 0.6) is 0 Å². The zero-order chi connectivity index (χ0) is 16.9. The predicted molar refractivity (Wildman–Crippen MR) is 93.0 cm³/mol. The van der Waals surface area contributed by atoms with Crippen molar-refractivity contribution in [3.05, 3.63) is 52.4 Å². The van der Waals surface area contributed by atoms with Crippen LogP contribution in [0.15, 0.2) is 41.1 Å². The van der Waals surface area contributed by atoms with Gasteiger partial charge in [0.2, 0.25) is 0 Å². The first-order valence-electron chi connectivity index (χ1n) is 7.58. The molecule has 1 aliphatic heterocycles. The van der Waals surface area contributed by atoms with Gasteiger partial charge >= 0.3 is 0 Å². The van der Waals surface area contributed by atoms with Gasteiger partial charge in [-0.2, -0.15) is 10.5 Å². The SMILES string of the molecule is N#Cc1nccnc1N1CCN([C@@H](C#N)c2ccc(Br)cc2)CC1. The molecule has 0 radical (unpaired) electrons. The third-order valence-corrected chi connectivity index (χ3v) is 4.60. The topological polar surface area (TPSA) is 79.8 Å². The molecule has 120 valence electrons. The quantitative estimate of drug-likeness (QED) is 0.810. The Balaban J connectivity index is 1.71. The molecule has 0 amide bonds. The molecule has 1 saturated heterocycles. The fourth-order valence-corrected chi connectivity index (χ4v) is 3.11. The Labute approximate surface area is 149 Å². The molecule has 2 aromatic rings. The molecule has 1 atom stereocenters. The van der Waals surface area contributed by atoms with Gasteiger partial charge in [-0.3, -0.25) is 4.90 Å². The van der Waals surface area contributed by atoms with Crippen LogP contribution in [-0.4, -0.2) is 41.0 Å². The van der Waals surface area contributed by atoms with Crippen molar-refractivity contribution in [1.29, 1.82) is 10.5 Å². The summed E-state index contributed by atoms with van der Waals surface area (Å²) in [5.74, 6) is 0.622. The van der Waals surface area contributed by atoms with Gasteiger partial charge in [-0.25, -0.2) is 9.97 Å². The van der Waals surface area contributed by atoms with Gasteiger partial charge < -0.3 is 4.90 Å². The number of aromatic nitrogens is 2. The van der Waals surface area contributed by atoms with E-state index in [1.54, 1.807) is 6.20 Å². The maximum atomic E-state index is 9.58. The highest BCUT2D eigenvalue weighted by atomic mass is 79.9. The lowest BCUT2D eigenvalue weighted by molar-refractivity contribution is 0.221. The molecule has 1 aromatic carbocycles. The van der Waals surface area contributed by atoms with E-state index in [0.717, 1.165) is 23.1 Å². The summed E-state index contributed by atoms with van der Waals surface area (Å²) in [6.45, 7) is 2.88. The highest BCUT2D eigenvalue weighted by Gasteiger charge is 2.26. The Morgan fingerprint density at radius 1 is 1.00 bits per heavy atom. The fourth-order valence-electron chi connectivity index (χ4n) is 2.84. The van der Waals surface area contributed by atoms with E-state index in [1.165, 1.54) is 6.20 Å². The number of nitrogens with zero attached hydrogens (tertiary/aromatic N) is 6. The molecule has 3 rings (SSSR count). The van der Waals surface area contributed by atoms with E-state index in [9.17, 15) is 5.26 Å². The number of hydrogen-bond donors (Lipinski definition) is 0. The van der Waals surface area contributed by atoms with E-state index in [1.807, 2.05) is 24.3 Å². The minimum Gasteiger partial charge on any atom is -0.352 e. The summed E-state index contributed by atoms with van der Waals surface area (Å²) in [5.41, 5.74) is 1.34. The maximum absolute atomic E-state index is 9.58. The summed E-state index contributed by atoms with van der Waals surface area (Å²) in [6, 6.07) is 12.1. The van der Waals surface area contributed by atoms with Crippen molar-refractivity contribution in [3.63, 3.8) is 0 Å². The second-order valence-electron chi connectivity index (χ2n) is 5.45. The Bertz CT molecular complexity index is 784. The third-order valence-electron chi connectivity index (χ3n) is 4.07. The summed E-state index contributed by atoms with van der Waals surface area (Å²) >= 11 is 3.42. The largest absolute Gasteiger partial charge is 0.352 e. The van der Waals surface area contributed by atoms with Crippen LogP contribution in [-0.2, 0) is 0 Å². The normalized spacial score (nSPS) is 16.2. The van der Waals surface area contributed by atoms with E-state index >= 15 is 0 Å². The van der Waals surface area contributed by atoms with Gasteiger partial charge in [-0.1, -0.05) is 28.1 Å². The van der Waals surface area contributed by atoms with Gasteiger partial charge in [-0.05, 0) is 17.7 Å². The van der Waals surface area contributed by atoms with Gasteiger partial charge in [-0.15, -0.1) is 0 Å². The minimum atomic E-state index is -0.266. The molecule has 1 aromatic heterocycles. The number of rotatable bonds is 3. The molecule has 0 bridgehead atoms. The second-order valence-corrected chi connectivity index (χ2v) is 6.36. The predicted octanol–water partition coefficient (Wildman–Crippen LogP) is 2.50. The smallest absolute Gasteiger partial charge is 0.183 e. The second kappa shape index (κ2) is 7.39. The standard InChI is InChI=1S/C17H15BrN6/c18-14-3-1-13(2-4-14)16(12-20)23-7-9-24(10-8-23)17-15(11-19)21-5-6-22-17/h1-6,16H,7-10H2/t16-/m0/s1. The Morgan fingerprint density at radius 2 is 1.67 bits per heavy atom. The van der Waals surface area contributed by atoms with Gasteiger partial charge in [0.1, 0.15) is 12.1 Å². The molecule has 0 spiro atoms. The lowest BCUT2D eigenvalue weighted by Crippen LogP contribution is -2.48. The summed E-state index contributed by atoms with van der Waals surface area (Å²) in [4.78, 5) is 12.6. The van der Waals surface area contributed by atoms with E-state index in [-0.39, 0.29) is 6.04 Å². The molecular weight excluding hydrogens is 368 g/mol. The van der Waals surface area contributed by atoms with Crippen LogP contribution < -0.4 is 4.90 Å². The van der Waals surface area contributed by atoms with Crippen LogP contribution >= 0.6 is 15.9 Å². The first-order chi connectivity index (χ1) is 11.7. The van der Waals surface area contributed by atoms with Crippen molar-refractivity contribution in [2.24, 2.45) is 0 Å². The Kier molecular flexibility index (Phi) is 5.05. The van der Waals surface area contributed by atoms with Gasteiger partial charge in [0.05, 0.1) is 6.07 Å². The minimum absolute atomic E-state index is 0.266. The average molecular weight is 383 g/mol. The number of hydrogen-bond acceptors (Lipinski definition) is 6. The molecule has 24 heavy (non-hydrogen) atoms. The summed E-state index contributed by atoms with van der Waals surface area (Å²) in [7, 11) is 0. The van der Waals surface area contributed by atoms with E-state index in [0.29, 0.717) is 24.6 Å². The number of halogens is 1. The van der Waals surface area contributed by atoms with Crippen LogP contribution in [0.25, 0.3) is 0 Å². The molecular formula is C17H15BrN6. The Morgan fingerprint density at radius 3 is 2.29 bits per heavy atom. The molecule has 7 heteroatoms. The van der Waals surface area contributed by atoms with Crippen molar-refractivity contribution in [3.8, 4) is 12.1 Å². The highest BCUT2D eigenvalue weighted by Crippen LogP contribution is 2.25. The lowest BCUT2D eigenvalue weighted by Gasteiger charge is -2.37. The maximum Gasteiger partial charge on any atom is 0.183 e. The van der Waals surface area contributed by atoms with Crippen molar-refractivity contribution in [1.82, 2.24) is 14.9 Å². The van der Waals surface area contributed by atoms with Crippen molar-refractivity contribution >= 4 is 21.7 Å². The molecule has 1 aliphatic rings. The third kappa shape index (κ3) is 3.38. The Hall–Kier alpha value is -2.48. The summed E-state index contributed by atoms with van der Waals surface area (Å²) in [5, 5.41) is 18.7. The first-order valence-corrected chi connectivity index (χ1v) is 8.37. The van der Waals surface area contributed by atoms with Crippen molar-refractivity contribution in [2.75, 3.05) is 31.1 Å². The summed E-state index contributed by atoms with van der Waals surface area (Å²) in [6.07, 6.45) is 3.13. The molecule has 0 aliphatic carbocycles. The molecule has 6 nitrogen and oxygen atoms in total.